The van der Waals surface area contributed by atoms with Gasteiger partial charge < -0.3 is 10.0 Å². The molecule has 1 saturated carbocycles. The molecule has 0 atom stereocenters. The highest BCUT2D eigenvalue weighted by atomic mass is 16.4. The Bertz CT molecular complexity index is 391. The van der Waals surface area contributed by atoms with E-state index in [1.54, 1.807) is 6.20 Å². The lowest BCUT2D eigenvalue weighted by Crippen LogP contribution is -2.30. The molecular formula is C11H15N3O2. The van der Waals surface area contributed by atoms with Crippen molar-refractivity contribution in [3.05, 3.63) is 18.0 Å². The molecule has 5 nitrogen and oxygen atoms in total. The normalized spacial score (nSPS) is 14.8. The zero-order valence-corrected chi connectivity index (χ0v) is 9.26. The van der Waals surface area contributed by atoms with Gasteiger partial charge in [0.15, 0.2) is 0 Å². The van der Waals surface area contributed by atoms with Crippen molar-refractivity contribution in [3.8, 4) is 0 Å². The first-order valence-electron chi connectivity index (χ1n) is 5.45. The summed E-state index contributed by atoms with van der Waals surface area (Å²) >= 11 is 0. The van der Waals surface area contributed by atoms with Crippen molar-refractivity contribution in [2.75, 3.05) is 11.4 Å². The highest BCUT2D eigenvalue weighted by Crippen LogP contribution is 2.29. The zero-order chi connectivity index (χ0) is 11.5. The highest BCUT2D eigenvalue weighted by molar-refractivity contribution is 5.67. The van der Waals surface area contributed by atoms with Gasteiger partial charge in [-0.1, -0.05) is 0 Å². The highest BCUT2D eigenvalue weighted by Gasteiger charge is 2.30. The molecule has 0 radical (unpaired) electrons. The third-order valence-corrected chi connectivity index (χ3v) is 2.59. The zero-order valence-electron chi connectivity index (χ0n) is 9.26. The lowest BCUT2D eigenvalue weighted by molar-refractivity contribution is -0.136. The van der Waals surface area contributed by atoms with Crippen LogP contribution in [0.5, 0.6) is 0 Å². The molecule has 0 saturated heterocycles. The molecule has 0 aromatic carbocycles. The molecule has 1 aromatic heterocycles. The standard InChI is InChI=1S/C11H15N3O2/c1-8-4-6-12-11(13-8)14(9-2-3-9)7-5-10(15)16/h4,6,9H,2-3,5,7H2,1H3,(H,15,16). The Kier molecular flexibility index (Phi) is 3.03. The van der Waals surface area contributed by atoms with Gasteiger partial charge in [0.25, 0.3) is 0 Å². The van der Waals surface area contributed by atoms with Gasteiger partial charge in [0.05, 0.1) is 6.42 Å². The second-order valence-electron chi connectivity index (χ2n) is 4.07. The molecule has 0 spiro atoms. The number of carbonyl (C=O) groups is 1. The van der Waals surface area contributed by atoms with Gasteiger partial charge in [-0.25, -0.2) is 9.97 Å². The van der Waals surface area contributed by atoms with Crippen molar-refractivity contribution in [1.82, 2.24) is 9.97 Å². The van der Waals surface area contributed by atoms with Crippen LogP contribution in [-0.2, 0) is 4.79 Å². The van der Waals surface area contributed by atoms with Crippen molar-refractivity contribution < 1.29 is 9.90 Å². The summed E-state index contributed by atoms with van der Waals surface area (Å²) in [5, 5.41) is 8.70. The van der Waals surface area contributed by atoms with Crippen LogP contribution in [0.1, 0.15) is 25.0 Å². The molecule has 1 aliphatic carbocycles. The number of carboxylic acid groups (broad SMARTS) is 1. The van der Waals surface area contributed by atoms with Crippen molar-refractivity contribution in [3.63, 3.8) is 0 Å². The van der Waals surface area contributed by atoms with Gasteiger partial charge in [-0.15, -0.1) is 0 Å². The number of hydrogen-bond donors (Lipinski definition) is 1. The summed E-state index contributed by atoms with van der Waals surface area (Å²) in [6, 6.07) is 2.27. The van der Waals surface area contributed by atoms with Crippen LogP contribution in [0.15, 0.2) is 12.3 Å². The quantitative estimate of drug-likeness (QED) is 0.810. The van der Waals surface area contributed by atoms with E-state index in [1.165, 1.54) is 0 Å². The summed E-state index contributed by atoms with van der Waals surface area (Å²) in [4.78, 5) is 21.1. The fraction of sp³-hybridized carbons (Fsp3) is 0.545. The van der Waals surface area contributed by atoms with Crippen molar-refractivity contribution in [1.29, 1.82) is 0 Å². The summed E-state index contributed by atoms with van der Waals surface area (Å²) in [5.41, 5.74) is 0.908. The van der Waals surface area contributed by atoms with E-state index in [-0.39, 0.29) is 6.42 Å². The third kappa shape index (κ3) is 2.68. The molecule has 0 bridgehead atoms. The Hall–Kier alpha value is -1.65. The fourth-order valence-corrected chi connectivity index (χ4v) is 1.62. The van der Waals surface area contributed by atoms with Crippen LogP contribution >= 0.6 is 0 Å². The van der Waals surface area contributed by atoms with Gasteiger partial charge >= 0.3 is 5.97 Å². The molecule has 1 heterocycles. The molecule has 0 aliphatic heterocycles. The van der Waals surface area contributed by atoms with Crippen molar-refractivity contribution in [2.24, 2.45) is 0 Å². The maximum absolute atomic E-state index is 10.6. The number of aromatic nitrogens is 2. The van der Waals surface area contributed by atoms with Crippen molar-refractivity contribution in [2.45, 2.75) is 32.2 Å². The number of anilines is 1. The van der Waals surface area contributed by atoms with Gasteiger partial charge in [0.2, 0.25) is 5.95 Å². The minimum absolute atomic E-state index is 0.133. The first kappa shape index (κ1) is 10.9. The van der Waals surface area contributed by atoms with Gasteiger partial charge in [-0.3, -0.25) is 4.79 Å². The Morgan fingerprint density at radius 1 is 1.62 bits per heavy atom. The Labute approximate surface area is 94.1 Å². The van der Waals surface area contributed by atoms with Crippen molar-refractivity contribution >= 4 is 11.9 Å². The number of carboxylic acids is 1. The molecular weight excluding hydrogens is 206 g/mol. The van der Waals surface area contributed by atoms with Crippen LogP contribution in [-0.4, -0.2) is 33.6 Å². The molecule has 1 aromatic rings. The van der Waals surface area contributed by atoms with Gasteiger partial charge in [-0.05, 0) is 25.8 Å². The average Bonchev–Trinajstić information content (AvgIpc) is 3.02. The molecule has 5 heteroatoms. The van der Waals surface area contributed by atoms with Crippen LogP contribution in [0.4, 0.5) is 5.95 Å². The summed E-state index contributed by atoms with van der Waals surface area (Å²) in [7, 11) is 0. The van der Waals surface area contributed by atoms with Gasteiger partial charge in [-0.2, -0.15) is 0 Å². The van der Waals surface area contributed by atoms with Crippen LogP contribution < -0.4 is 4.90 Å². The number of hydrogen-bond acceptors (Lipinski definition) is 4. The predicted molar refractivity (Wildman–Crippen MR) is 59.4 cm³/mol. The predicted octanol–water partition coefficient (Wildman–Crippen LogP) is 1.23. The van der Waals surface area contributed by atoms with E-state index >= 15 is 0 Å². The van der Waals surface area contributed by atoms with E-state index in [4.69, 9.17) is 5.11 Å². The molecule has 1 fully saturated rings. The second kappa shape index (κ2) is 4.47. The number of aryl methyl sites for hydroxylation is 1. The van der Waals surface area contributed by atoms with Crippen LogP contribution in [0.2, 0.25) is 0 Å². The van der Waals surface area contributed by atoms with E-state index < -0.39 is 5.97 Å². The van der Waals surface area contributed by atoms with Crippen LogP contribution in [0, 0.1) is 6.92 Å². The summed E-state index contributed by atoms with van der Waals surface area (Å²) in [6.45, 7) is 2.40. The number of rotatable bonds is 5. The minimum Gasteiger partial charge on any atom is -0.481 e. The smallest absolute Gasteiger partial charge is 0.305 e. The first-order chi connectivity index (χ1) is 7.66. The van der Waals surface area contributed by atoms with Crippen LogP contribution in [0.3, 0.4) is 0 Å². The number of nitrogens with zero attached hydrogens (tertiary/aromatic N) is 3. The largest absolute Gasteiger partial charge is 0.481 e. The average molecular weight is 221 g/mol. The van der Waals surface area contributed by atoms with Gasteiger partial charge in [0.1, 0.15) is 0 Å². The molecule has 0 amide bonds. The first-order valence-corrected chi connectivity index (χ1v) is 5.45. The Morgan fingerprint density at radius 3 is 2.94 bits per heavy atom. The molecule has 1 N–H and O–H groups in total. The fourth-order valence-electron chi connectivity index (χ4n) is 1.62. The van der Waals surface area contributed by atoms with E-state index in [0.29, 0.717) is 18.5 Å². The maximum Gasteiger partial charge on any atom is 0.305 e. The maximum atomic E-state index is 10.6. The summed E-state index contributed by atoms with van der Waals surface area (Å²) in [6.07, 6.45) is 4.06. The number of aliphatic carboxylic acids is 1. The third-order valence-electron chi connectivity index (χ3n) is 2.59. The lowest BCUT2D eigenvalue weighted by atomic mass is 10.3. The Morgan fingerprint density at radius 2 is 2.38 bits per heavy atom. The van der Waals surface area contributed by atoms with E-state index in [1.807, 2.05) is 17.9 Å². The van der Waals surface area contributed by atoms with Gasteiger partial charge in [0, 0.05) is 24.5 Å². The second-order valence-corrected chi connectivity index (χ2v) is 4.07. The molecule has 16 heavy (non-hydrogen) atoms. The van der Waals surface area contributed by atoms with E-state index in [9.17, 15) is 4.79 Å². The van der Waals surface area contributed by atoms with Crippen LogP contribution in [0.25, 0.3) is 0 Å². The monoisotopic (exact) mass is 221 g/mol. The molecule has 2 rings (SSSR count). The topological polar surface area (TPSA) is 66.3 Å². The molecule has 86 valence electrons. The summed E-state index contributed by atoms with van der Waals surface area (Å²) < 4.78 is 0. The lowest BCUT2D eigenvalue weighted by Gasteiger charge is -2.21. The Balaban J connectivity index is 2.09. The molecule has 0 unspecified atom stereocenters. The SMILES string of the molecule is Cc1ccnc(N(CCC(=O)O)C2CC2)n1. The molecule has 1 aliphatic rings. The summed E-state index contributed by atoms with van der Waals surface area (Å²) in [5.74, 6) is -0.123. The van der Waals surface area contributed by atoms with E-state index in [2.05, 4.69) is 9.97 Å². The minimum atomic E-state index is -0.779. The van der Waals surface area contributed by atoms with E-state index in [0.717, 1.165) is 18.5 Å².